The molecule has 0 spiro atoms. The molecular weight excluding hydrogens is 246 g/mol. The summed E-state index contributed by atoms with van der Waals surface area (Å²) in [6.07, 6.45) is 8.23. The monoisotopic (exact) mass is 259 g/mol. The van der Waals surface area contributed by atoms with E-state index in [0.29, 0.717) is 11.4 Å². The van der Waals surface area contributed by atoms with Crippen molar-refractivity contribution >= 4 is 11.8 Å². The maximum Gasteiger partial charge on any atom is 0.281 e. The third-order valence-corrected chi connectivity index (χ3v) is 2.43. The van der Waals surface area contributed by atoms with Gasteiger partial charge in [0.15, 0.2) is 6.61 Å². The van der Waals surface area contributed by atoms with Crippen LogP contribution in [0.5, 0.6) is 0 Å². The fraction of sp³-hybridized carbons (Fsp3) is 0.333. The zero-order chi connectivity index (χ0) is 13.8. The first-order valence-corrected chi connectivity index (χ1v) is 5.65. The molecule has 2 heterocycles. The summed E-state index contributed by atoms with van der Waals surface area (Å²) >= 11 is 0. The first-order chi connectivity index (χ1) is 9.13. The number of carbonyl (C=O) groups excluding carboxylic acids is 1. The highest BCUT2D eigenvalue weighted by atomic mass is 16.5. The number of rotatable bonds is 3. The lowest BCUT2D eigenvalue weighted by Crippen LogP contribution is -2.37. The third kappa shape index (κ3) is 2.69. The summed E-state index contributed by atoms with van der Waals surface area (Å²) < 4.78 is 5.28. The second-order valence-electron chi connectivity index (χ2n) is 3.93. The lowest BCUT2D eigenvalue weighted by atomic mass is 10.2. The summed E-state index contributed by atoms with van der Waals surface area (Å²) in [5.74, 6) is 2.26. The number of amides is 1. The van der Waals surface area contributed by atoms with Gasteiger partial charge >= 0.3 is 0 Å². The molecule has 1 aliphatic heterocycles. The Morgan fingerprint density at radius 3 is 3.00 bits per heavy atom. The lowest BCUT2D eigenvalue weighted by molar-refractivity contribution is -0.134. The second kappa shape index (κ2) is 5.46. The zero-order valence-corrected chi connectivity index (χ0v) is 10.4. The Kier molecular flexibility index (Phi) is 3.73. The van der Waals surface area contributed by atoms with Crippen molar-refractivity contribution in [2.24, 2.45) is 10.8 Å². The van der Waals surface area contributed by atoms with E-state index in [1.165, 1.54) is 17.4 Å². The minimum atomic E-state index is -0.325. The molecule has 1 aromatic heterocycles. The molecule has 1 amide bonds. The molecule has 2 N–H and O–H groups in total. The third-order valence-electron chi connectivity index (χ3n) is 2.43. The average molecular weight is 259 g/mol. The Hall–Kier alpha value is -2.46. The average Bonchev–Trinajstić information content (AvgIpc) is 2.41. The van der Waals surface area contributed by atoms with E-state index >= 15 is 0 Å². The van der Waals surface area contributed by atoms with Gasteiger partial charge in [-0.2, -0.15) is 0 Å². The van der Waals surface area contributed by atoms with E-state index in [-0.39, 0.29) is 31.0 Å². The summed E-state index contributed by atoms with van der Waals surface area (Å²) in [4.78, 5) is 19.8. The lowest BCUT2D eigenvalue weighted by Gasteiger charge is -2.22. The topological polar surface area (TPSA) is 93.7 Å². The van der Waals surface area contributed by atoms with Gasteiger partial charge in [-0.1, -0.05) is 5.92 Å². The Bertz CT molecular complexity index is 561. The van der Waals surface area contributed by atoms with Gasteiger partial charge in [-0.25, -0.2) is 9.99 Å². The van der Waals surface area contributed by atoms with Crippen molar-refractivity contribution in [2.45, 2.75) is 13.0 Å². The highest BCUT2D eigenvalue weighted by Gasteiger charge is 2.25. The number of nitrogens with zero attached hydrogens (tertiary/aromatic N) is 4. The van der Waals surface area contributed by atoms with Crippen molar-refractivity contribution in [2.75, 3.05) is 13.2 Å². The highest BCUT2D eigenvalue weighted by Crippen LogP contribution is 2.14. The molecule has 19 heavy (non-hydrogen) atoms. The van der Waals surface area contributed by atoms with Crippen molar-refractivity contribution < 1.29 is 9.53 Å². The van der Waals surface area contributed by atoms with Crippen LogP contribution in [-0.2, 0) is 9.53 Å². The van der Waals surface area contributed by atoms with Gasteiger partial charge in [0.2, 0.25) is 0 Å². The smallest absolute Gasteiger partial charge is 0.281 e. The molecule has 0 radical (unpaired) electrons. The second-order valence-corrected chi connectivity index (χ2v) is 3.93. The van der Waals surface area contributed by atoms with Crippen molar-refractivity contribution in [3.63, 3.8) is 0 Å². The summed E-state index contributed by atoms with van der Waals surface area (Å²) in [5, 5.41) is 5.21. The number of carbonyl (C=O) groups is 1. The molecule has 2 rings (SSSR count). The molecular formula is C12H13N5O2. The van der Waals surface area contributed by atoms with E-state index in [1.807, 2.05) is 0 Å². The first-order valence-electron chi connectivity index (χ1n) is 5.65. The van der Waals surface area contributed by atoms with E-state index in [4.69, 9.17) is 16.9 Å². The number of terminal acetylenes is 1. The minimum absolute atomic E-state index is 0.0828. The molecule has 0 bridgehead atoms. The maximum atomic E-state index is 11.5. The Labute approximate surface area is 110 Å². The van der Waals surface area contributed by atoms with Crippen LogP contribution in [0.1, 0.15) is 24.4 Å². The standard InChI is InChI=1S/C12H13N5O2/c1-3-6-17-9(18)7-19-12(16-17)11-10(8(2)13)14-4-5-15-11/h1,4-5,8H,6-7,13H2,2H3. The van der Waals surface area contributed by atoms with Crippen LogP contribution in [0.2, 0.25) is 0 Å². The van der Waals surface area contributed by atoms with Gasteiger partial charge in [0.05, 0.1) is 5.69 Å². The molecule has 1 unspecified atom stereocenters. The fourth-order valence-electron chi connectivity index (χ4n) is 1.57. The maximum absolute atomic E-state index is 11.5. The molecule has 0 aliphatic carbocycles. The van der Waals surface area contributed by atoms with Gasteiger partial charge in [0, 0.05) is 18.4 Å². The van der Waals surface area contributed by atoms with E-state index in [9.17, 15) is 4.79 Å². The summed E-state index contributed by atoms with van der Waals surface area (Å²) in [5.41, 5.74) is 6.79. The van der Waals surface area contributed by atoms with Crippen LogP contribution in [0.15, 0.2) is 17.5 Å². The van der Waals surface area contributed by atoms with Crippen LogP contribution in [-0.4, -0.2) is 39.9 Å². The number of hydrogen-bond donors (Lipinski definition) is 1. The van der Waals surface area contributed by atoms with Crippen LogP contribution in [0, 0.1) is 12.3 Å². The van der Waals surface area contributed by atoms with Gasteiger partial charge in [-0.3, -0.25) is 9.78 Å². The van der Waals surface area contributed by atoms with Crippen LogP contribution >= 0.6 is 0 Å². The van der Waals surface area contributed by atoms with Crippen LogP contribution in [0.4, 0.5) is 0 Å². The molecule has 0 saturated heterocycles. The SMILES string of the molecule is C#CCN1N=C(c2nccnc2C(C)N)OCC1=O. The molecule has 0 saturated carbocycles. The quantitative estimate of drug-likeness (QED) is 0.749. The normalized spacial score (nSPS) is 16.4. The molecule has 7 nitrogen and oxygen atoms in total. The number of hydrazone groups is 1. The predicted octanol–water partition coefficient (Wildman–Crippen LogP) is -0.350. The van der Waals surface area contributed by atoms with Crippen molar-refractivity contribution in [3.05, 3.63) is 23.8 Å². The molecule has 7 heteroatoms. The number of hydrogen-bond acceptors (Lipinski definition) is 6. The van der Waals surface area contributed by atoms with Gasteiger partial charge < -0.3 is 10.5 Å². The number of nitrogens with two attached hydrogens (primary N) is 1. The predicted molar refractivity (Wildman–Crippen MR) is 67.7 cm³/mol. The Balaban J connectivity index is 2.39. The summed E-state index contributed by atoms with van der Waals surface area (Å²) in [7, 11) is 0. The Morgan fingerprint density at radius 2 is 2.32 bits per heavy atom. The van der Waals surface area contributed by atoms with Crippen LogP contribution in [0.25, 0.3) is 0 Å². The zero-order valence-electron chi connectivity index (χ0n) is 10.4. The Morgan fingerprint density at radius 1 is 1.58 bits per heavy atom. The van der Waals surface area contributed by atoms with Crippen molar-refractivity contribution in [3.8, 4) is 12.3 Å². The number of ether oxygens (including phenoxy) is 1. The van der Waals surface area contributed by atoms with E-state index in [2.05, 4.69) is 21.0 Å². The van der Waals surface area contributed by atoms with Crippen molar-refractivity contribution in [1.29, 1.82) is 0 Å². The van der Waals surface area contributed by atoms with Crippen molar-refractivity contribution in [1.82, 2.24) is 15.0 Å². The van der Waals surface area contributed by atoms with Crippen LogP contribution in [0.3, 0.4) is 0 Å². The number of aromatic nitrogens is 2. The van der Waals surface area contributed by atoms with Gasteiger partial charge in [0.25, 0.3) is 11.8 Å². The van der Waals surface area contributed by atoms with Gasteiger partial charge in [-0.05, 0) is 6.92 Å². The van der Waals surface area contributed by atoms with Crippen LogP contribution < -0.4 is 5.73 Å². The molecule has 0 aromatic carbocycles. The molecule has 1 atom stereocenters. The van der Waals surface area contributed by atoms with Gasteiger partial charge in [0.1, 0.15) is 12.2 Å². The van der Waals surface area contributed by atoms with Gasteiger partial charge in [-0.15, -0.1) is 11.5 Å². The molecule has 1 aliphatic rings. The first kappa shape index (κ1) is 13.0. The van der Waals surface area contributed by atoms with E-state index in [0.717, 1.165) is 0 Å². The molecule has 0 fully saturated rings. The molecule has 1 aromatic rings. The summed E-state index contributed by atoms with van der Waals surface area (Å²) in [6, 6.07) is -0.325. The fourth-order valence-corrected chi connectivity index (χ4v) is 1.57. The largest absolute Gasteiger partial charge is 0.465 e. The summed E-state index contributed by atoms with van der Waals surface area (Å²) in [6.45, 7) is 1.73. The minimum Gasteiger partial charge on any atom is -0.465 e. The highest BCUT2D eigenvalue weighted by molar-refractivity contribution is 5.97. The van der Waals surface area contributed by atoms with E-state index < -0.39 is 0 Å². The molecule has 98 valence electrons. The van der Waals surface area contributed by atoms with E-state index in [1.54, 1.807) is 6.92 Å².